The molecule has 2 aromatic rings. The van der Waals surface area contributed by atoms with Gasteiger partial charge in [0.25, 0.3) is 0 Å². The van der Waals surface area contributed by atoms with Gasteiger partial charge in [0.2, 0.25) is 5.88 Å². The highest BCUT2D eigenvalue weighted by atomic mass is 16.9. The van der Waals surface area contributed by atoms with E-state index in [2.05, 4.69) is 10.6 Å². The van der Waals surface area contributed by atoms with Gasteiger partial charge < -0.3 is 9.68 Å². The highest BCUT2D eigenvalue weighted by Gasteiger charge is 1.93. The Morgan fingerprint density at radius 1 is 0.867 bits per heavy atom. The Kier molecular flexibility index (Phi) is 3.14. The first-order chi connectivity index (χ1) is 7.45. The zero-order chi connectivity index (χ0) is 10.3. The summed E-state index contributed by atoms with van der Waals surface area (Å²) in [5.41, 5.74) is 2.36. The predicted molar refractivity (Wildman–Crippen MR) is 55.1 cm³/mol. The topological polar surface area (TPSA) is 43.4 Å². The molecule has 0 atom stereocenters. The highest BCUT2D eigenvalue weighted by Crippen LogP contribution is 2.07. The van der Waals surface area contributed by atoms with Crippen LogP contribution in [0.1, 0.15) is 0 Å². The minimum absolute atomic E-state index is 0.452. The summed E-state index contributed by atoms with van der Waals surface area (Å²) >= 11 is 0. The summed E-state index contributed by atoms with van der Waals surface area (Å²) in [4.78, 5) is 14.1. The van der Waals surface area contributed by atoms with E-state index in [9.17, 15) is 0 Å². The Hall–Kier alpha value is -2.07. The molecule has 0 saturated heterocycles. The molecular weight excluding hydrogens is 192 g/mol. The largest absolute Gasteiger partial charge is 0.374 e. The van der Waals surface area contributed by atoms with Crippen LogP contribution in [-0.4, -0.2) is 4.98 Å². The third kappa shape index (κ3) is 2.96. The molecule has 15 heavy (non-hydrogen) atoms. The Labute approximate surface area is 87.4 Å². The molecule has 0 aliphatic heterocycles. The van der Waals surface area contributed by atoms with Crippen LogP contribution >= 0.6 is 0 Å². The fourth-order valence-corrected chi connectivity index (χ4v) is 1.01. The van der Waals surface area contributed by atoms with Gasteiger partial charge in [0.1, 0.15) is 0 Å². The number of benzene rings is 1. The van der Waals surface area contributed by atoms with Gasteiger partial charge in [-0.05, 0) is 18.2 Å². The number of aromatic nitrogens is 1. The maximum absolute atomic E-state index is 5.10. The second kappa shape index (κ2) is 4.97. The van der Waals surface area contributed by atoms with Crippen LogP contribution in [0, 0.1) is 0 Å². The van der Waals surface area contributed by atoms with Crippen molar-refractivity contribution in [3.63, 3.8) is 0 Å². The van der Waals surface area contributed by atoms with E-state index in [1.165, 1.54) is 0 Å². The molecule has 4 heteroatoms. The lowest BCUT2D eigenvalue weighted by molar-refractivity contribution is -0.0226. The van der Waals surface area contributed by atoms with Gasteiger partial charge >= 0.3 is 0 Å². The van der Waals surface area contributed by atoms with E-state index in [1.807, 2.05) is 42.5 Å². The molecule has 0 fully saturated rings. The summed E-state index contributed by atoms with van der Waals surface area (Å²) in [6, 6.07) is 14.6. The molecule has 2 rings (SSSR count). The first-order valence-electron chi connectivity index (χ1n) is 4.50. The molecular formula is C11H10N2O2. The van der Waals surface area contributed by atoms with Gasteiger partial charge in [-0.2, -0.15) is 0 Å². The Morgan fingerprint density at radius 2 is 1.67 bits per heavy atom. The number of pyridine rings is 1. The van der Waals surface area contributed by atoms with Gasteiger partial charge in [-0.1, -0.05) is 24.3 Å². The van der Waals surface area contributed by atoms with Gasteiger partial charge in [0, 0.05) is 17.9 Å². The average Bonchev–Trinajstić information content (AvgIpc) is 2.32. The molecule has 0 spiro atoms. The van der Waals surface area contributed by atoms with Gasteiger partial charge in [0.15, 0.2) is 5.75 Å². The van der Waals surface area contributed by atoms with E-state index >= 15 is 0 Å². The molecule has 0 amide bonds. The van der Waals surface area contributed by atoms with Crippen molar-refractivity contribution in [3.8, 4) is 11.6 Å². The fraction of sp³-hybridized carbons (Fsp3) is 0. The van der Waals surface area contributed by atoms with Crippen molar-refractivity contribution in [1.29, 1.82) is 0 Å². The molecule has 0 unspecified atom stereocenters. The molecule has 0 radical (unpaired) electrons. The zero-order valence-electron chi connectivity index (χ0n) is 7.96. The lowest BCUT2D eigenvalue weighted by Crippen LogP contribution is -2.22. The quantitative estimate of drug-likeness (QED) is 0.769. The zero-order valence-corrected chi connectivity index (χ0v) is 7.96. The van der Waals surface area contributed by atoms with Crippen LogP contribution in [0.3, 0.4) is 0 Å². The number of nitrogens with zero attached hydrogens (tertiary/aromatic N) is 1. The standard InChI is InChI=1S/C11H10N2O2/c1-2-6-10(7-3-1)14-13-15-11-8-4-5-9-12-11/h1-9,13H. The minimum Gasteiger partial charge on any atom is -0.374 e. The second-order valence-corrected chi connectivity index (χ2v) is 2.77. The fourth-order valence-electron chi connectivity index (χ4n) is 1.01. The van der Waals surface area contributed by atoms with Crippen LogP contribution in [0.15, 0.2) is 54.7 Å². The summed E-state index contributed by atoms with van der Waals surface area (Å²) in [5, 5.41) is 0. The lowest BCUT2D eigenvalue weighted by Gasteiger charge is -2.06. The molecule has 1 heterocycles. The second-order valence-electron chi connectivity index (χ2n) is 2.77. The molecule has 0 aliphatic rings. The van der Waals surface area contributed by atoms with Crippen molar-refractivity contribution in [2.24, 2.45) is 0 Å². The summed E-state index contributed by atoms with van der Waals surface area (Å²) < 4.78 is 0. The molecule has 1 N–H and O–H groups in total. The van der Waals surface area contributed by atoms with E-state index in [0.29, 0.717) is 11.6 Å². The summed E-state index contributed by atoms with van der Waals surface area (Å²) in [7, 11) is 0. The number of hydrogen-bond acceptors (Lipinski definition) is 4. The molecule has 0 bridgehead atoms. The lowest BCUT2D eigenvalue weighted by atomic mass is 10.3. The molecule has 4 nitrogen and oxygen atoms in total. The smallest absolute Gasteiger partial charge is 0.241 e. The van der Waals surface area contributed by atoms with Crippen LogP contribution in [-0.2, 0) is 0 Å². The first kappa shape index (κ1) is 9.48. The molecule has 1 aromatic carbocycles. The average molecular weight is 202 g/mol. The Balaban J connectivity index is 1.81. The number of nitrogens with one attached hydrogen (secondary N) is 1. The predicted octanol–water partition coefficient (Wildman–Crippen LogP) is 1.96. The maximum Gasteiger partial charge on any atom is 0.241 e. The maximum atomic E-state index is 5.10. The summed E-state index contributed by atoms with van der Waals surface area (Å²) in [6.07, 6.45) is 1.64. The Morgan fingerprint density at radius 3 is 2.40 bits per heavy atom. The Bertz CT molecular complexity index is 352. The SMILES string of the molecule is c1ccc(ONOc2ccccn2)cc1. The third-order valence-corrected chi connectivity index (χ3v) is 1.69. The number of hydrogen-bond donors (Lipinski definition) is 1. The third-order valence-electron chi connectivity index (χ3n) is 1.69. The van der Waals surface area contributed by atoms with Gasteiger partial charge in [-0.3, -0.25) is 0 Å². The minimum atomic E-state index is 0.452. The molecule has 1 aromatic heterocycles. The van der Waals surface area contributed by atoms with Crippen molar-refractivity contribution in [2.75, 3.05) is 0 Å². The summed E-state index contributed by atoms with van der Waals surface area (Å²) in [5.74, 6) is 1.13. The van der Waals surface area contributed by atoms with E-state index in [1.54, 1.807) is 12.3 Å². The summed E-state index contributed by atoms with van der Waals surface area (Å²) in [6.45, 7) is 0. The molecule has 76 valence electrons. The monoisotopic (exact) mass is 202 g/mol. The van der Waals surface area contributed by atoms with Crippen molar-refractivity contribution in [1.82, 2.24) is 10.6 Å². The molecule has 0 aliphatic carbocycles. The van der Waals surface area contributed by atoms with Crippen LogP contribution in [0.5, 0.6) is 11.6 Å². The van der Waals surface area contributed by atoms with E-state index in [4.69, 9.17) is 9.68 Å². The first-order valence-corrected chi connectivity index (χ1v) is 4.50. The van der Waals surface area contributed by atoms with Gasteiger partial charge in [-0.25, -0.2) is 4.98 Å². The van der Waals surface area contributed by atoms with E-state index in [-0.39, 0.29) is 0 Å². The van der Waals surface area contributed by atoms with Crippen molar-refractivity contribution in [2.45, 2.75) is 0 Å². The van der Waals surface area contributed by atoms with Crippen molar-refractivity contribution >= 4 is 0 Å². The number of rotatable bonds is 4. The van der Waals surface area contributed by atoms with E-state index in [0.717, 1.165) is 0 Å². The highest BCUT2D eigenvalue weighted by molar-refractivity contribution is 5.20. The van der Waals surface area contributed by atoms with Crippen LogP contribution < -0.4 is 15.3 Å². The normalized spacial score (nSPS) is 9.60. The number of para-hydroxylation sites is 1. The van der Waals surface area contributed by atoms with Crippen molar-refractivity contribution in [3.05, 3.63) is 54.7 Å². The van der Waals surface area contributed by atoms with Crippen LogP contribution in [0.25, 0.3) is 0 Å². The molecule has 0 saturated carbocycles. The van der Waals surface area contributed by atoms with Gasteiger partial charge in [0.05, 0.1) is 0 Å². The van der Waals surface area contributed by atoms with Crippen LogP contribution in [0.4, 0.5) is 0 Å². The van der Waals surface area contributed by atoms with Crippen molar-refractivity contribution < 1.29 is 9.68 Å². The van der Waals surface area contributed by atoms with E-state index < -0.39 is 0 Å². The van der Waals surface area contributed by atoms with Gasteiger partial charge in [-0.15, -0.1) is 0 Å². The van der Waals surface area contributed by atoms with Crippen LogP contribution in [0.2, 0.25) is 0 Å².